The van der Waals surface area contributed by atoms with E-state index in [9.17, 15) is 0 Å². The van der Waals surface area contributed by atoms with Gasteiger partial charge >= 0.3 is 0 Å². The molecular weight excluding hydrogens is 246 g/mol. The number of nitrogens with zero attached hydrogens (tertiary/aromatic N) is 3. The molecule has 3 aromatic rings. The van der Waals surface area contributed by atoms with Crippen molar-refractivity contribution in [2.24, 2.45) is 0 Å². The van der Waals surface area contributed by atoms with Gasteiger partial charge in [0.05, 0.1) is 27.1 Å². The molecule has 4 N–H and O–H groups in total. The Morgan fingerprint density at radius 2 is 2.06 bits per heavy atom. The molecule has 0 spiro atoms. The Bertz CT molecular complexity index is 674. The van der Waals surface area contributed by atoms with Gasteiger partial charge in [0.2, 0.25) is 0 Å². The van der Waals surface area contributed by atoms with E-state index >= 15 is 0 Å². The smallest absolute Gasteiger partial charge is 0.146 e. The van der Waals surface area contributed by atoms with Gasteiger partial charge in [-0.1, -0.05) is 0 Å². The third-order valence-electron chi connectivity index (χ3n) is 2.69. The van der Waals surface area contributed by atoms with Gasteiger partial charge in [0.25, 0.3) is 0 Å². The van der Waals surface area contributed by atoms with Crippen LogP contribution < -0.4 is 11.5 Å². The molecule has 0 aliphatic carbocycles. The number of nitrogens with two attached hydrogens (primary N) is 2. The van der Waals surface area contributed by atoms with Crippen LogP contribution in [-0.2, 0) is 6.42 Å². The number of pyridine rings is 2. The molecule has 3 aromatic heterocycles. The standard InChI is InChI=1S/C12H11N5S/c13-11-7(1-4-16-12(11)14)5-10-17-8-6-15-3-2-9(8)18-10/h1-4,6H,5,13H2,(H2,14,16). The van der Waals surface area contributed by atoms with Gasteiger partial charge in [-0.2, -0.15) is 0 Å². The quantitative estimate of drug-likeness (QED) is 0.731. The summed E-state index contributed by atoms with van der Waals surface area (Å²) in [5.41, 5.74) is 14.0. The molecule has 0 fully saturated rings. The third-order valence-corrected chi connectivity index (χ3v) is 3.72. The average molecular weight is 257 g/mol. The highest BCUT2D eigenvalue weighted by molar-refractivity contribution is 7.18. The number of thiazole rings is 1. The molecule has 3 heterocycles. The summed E-state index contributed by atoms with van der Waals surface area (Å²) in [7, 11) is 0. The summed E-state index contributed by atoms with van der Waals surface area (Å²) in [5, 5.41) is 0.996. The lowest BCUT2D eigenvalue weighted by Crippen LogP contribution is -2.02. The van der Waals surface area contributed by atoms with Crippen molar-refractivity contribution in [1.82, 2.24) is 15.0 Å². The first kappa shape index (κ1) is 10.9. The molecule has 6 heteroatoms. The Morgan fingerprint density at radius 3 is 2.89 bits per heavy atom. The van der Waals surface area contributed by atoms with Crippen LogP contribution in [0.5, 0.6) is 0 Å². The molecule has 3 rings (SSSR count). The van der Waals surface area contributed by atoms with Crippen molar-refractivity contribution in [3.05, 3.63) is 41.3 Å². The van der Waals surface area contributed by atoms with Gasteiger partial charge in [-0.25, -0.2) is 9.97 Å². The molecule has 0 unspecified atom stereocenters. The van der Waals surface area contributed by atoms with Gasteiger partial charge in [-0.3, -0.25) is 4.98 Å². The van der Waals surface area contributed by atoms with Gasteiger partial charge in [0.1, 0.15) is 5.82 Å². The van der Waals surface area contributed by atoms with E-state index in [2.05, 4.69) is 15.0 Å². The maximum atomic E-state index is 5.90. The largest absolute Gasteiger partial charge is 0.396 e. The number of anilines is 2. The van der Waals surface area contributed by atoms with Crippen LogP contribution >= 0.6 is 11.3 Å². The molecule has 5 nitrogen and oxygen atoms in total. The van der Waals surface area contributed by atoms with Crippen molar-refractivity contribution < 1.29 is 0 Å². The second-order valence-corrected chi connectivity index (χ2v) is 5.01. The highest BCUT2D eigenvalue weighted by Crippen LogP contribution is 2.25. The summed E-state index contributed by atoms with van der Waals surface area (Å²) in [4.78, 5) is 12.5. The summed E-state index contributed by atoms with van der Waals surface area (Å²) in [6.45, 7) is 0. The van der Waals surface area contributed by atoms with Crippen LogP contribution in [-0.4, -0.2) is 15.0 Å². The lowest BCUT2D eigenvalue weighted by Gasteiger charge is -2.04. The van der Waals surface area contributed by atoms with Crippen LogP contribution in [0.4, 0.5) is 11.5 Å². The van der Waals surface area contributed by atoms with E-state index in [1.54, 1.807) is 29.9 Å². The highest BCUT2D eigenvalue weighted by Gasteiger charge is 2.08. The van der Waals surface area contributed by atoms with Crippen LogP contribution in [0.25, 0.3) is 10.2 Å². The Kier molecular flexibility index (Phi) is 2.56. The third kappa shape index (κ3) is 1.86. The Balaban J connectivity index is 1.99. The summed E-state index contributed by atoms with van der Waals surface area (Å²) in [6.07, 6.45) is 5.86. The number of hydrogen-bond donors (Lipinski definition) is 2. The maximum absolute atomic E-state index is 5.90. The highest BCUT2D eigenvalue weighted by atomic mass is 32.1. The van der Waals surface area contributed by atoms with Gasteiger partial charge in [0, 0.05) is 18.8 Å². The lowest BCUT2D eigenvalue weighted by molar-refractivity contribution is 1.14. The Hall–Kier alpha value is -2.21. The molecule has 0 saturated heterocycles. The van der Waals surface area contributed by atoms with Crippen molar-refractivity contribution in [2.45, 2.75) is 6.42 Å². The summed E-state index contributed by atoms with van der Waals surface area (Å²) < 4.78 is 1.13. The molecule has 18 heavy (non-hydrogen) atoms. The maximum Gasteiger partial charge on any atom is 0.146 e. The van der Waals surface area contributed by atoms with Crippen LogP contribution in [0.2, 0.25) is 0 Å². The molecule has 0 atom stereocenters. The molecule has 0 saturated carbocycles. The summed E-state index contributed by atoms with van der Waals surface area (Å²) in [5.74, 6) is 0.371. The zero-order valence-corrected chi connectivity index (χ0v) is 10.3. The monoisotopic (exact) mass is 257 g/mol. The number of hydrogen-bond acceptors (Lipinski definition) is 6. The molecular formula is C12H11N5S. The van der Waals surface area contributed by atoms with E-state index in [1.807, 2.05) is 12.1 Å². The zero-order chi connectivity index (χ0) is 12.5. The Labute approximate surface area is 108 Å². The molecule has 0 radical (unpaired) electrons. The van der Waals surface area contributed by atoms with Crippen molar-refractivity contribution in [3.63, 3.8) is 0 Å². The van der Waals surface area contributed by atoms with Crippen molar-refractivity contribution in [2.75, 3.05) is 11.5 Å². The first-order valence-corrected chi connectivity index (χ1v) is 6.24. The summed E-state index contributed by atoms with van der Waals surface area (Å²) in [6, 6.07) is 3.83. The van der Waals surface area contributed by atoms with E-state index in [4.69, 9.17) is 11.5 Å². The van der Waals surface area contributed by atoms with Gasteiger partial charge in [-0.05, 0) is 17.7 Å². The van der Waals surface area contributed by atoms with Crippen LogP contribution in [0.3, 0.4) is 0 Å². The number of nitrogen functional groups attached to an aromatic ring is 2. The van der Waals surface area contributed by atoms with Crippen molar-refractivity contribution >= 4 is 33.1 Å². The van der Waals surface area contributed by atoms with Crippen LogP contribution in [0.15, 0.2) is 30.7 Å². The minimum Gasteiger partial charge on any atom is -0.396 e. The number of rotatable bonds is 2. The fourth-order valence-electron chi connectivity index (χ4n) is 1.75. The van der Waals surface area contributed by atoms with Gasteiger partial charge in [0.15, 0.2) is 0 Å². The molecule has 0 aromatic carbocycles. The van der Waals surface area contributed by atoms with E-state index in [0.717, 1.165) is 20.8 Å². The van der Waals surface area contributed by atoms with Crippen LogP contribution in [0.1, 0.15) is 10.6 Å². The van der Waals surface area contributed by atoms with E-state index in [0.29, 0.717) is 17.9 Å². The van der Waals surface area contributed by atoms with E-state index in [-0.39, 0.29) is 0 Å². The van der Waals surface area contributed by atoms with E-state index < -0.39 is 0 Å². The van der Waals surface area contributed by atoms with Gasteiger partial charge < -0.3 is 11.5 Å². The second-order valence-electron chi connectivity index (χ2n) is 3.90. The minimum absolute atomic E-state index is 0.371. The predicted octanol–water partition coefficient (Wildman–Crippen LogP) is 1.84. The molecule has 0 aliphatic rings. The molecule has 90 valence electrons. The second kappa shape index (κ2) is 4.23. The Morgan fingerprint density at radius 1 is 1.17 bits per heavy atom. The summed E-state index contributed by atoms with van der Waals surface area (Å²) >= 11 is 1.64. The normalized spacial score (nSPS) is 10.9. The molecule has 0 aliphatic heterocycles. The number of aromatic nitrogens is 3. The minimum atomic E-state index is 0.371. The SMILES string of the molecule is Nc1nccc(Cc2nc3cnccc3s2)c1N. The molecule has 0 amide bonds. The van der Waals surface area contributed by atoms with Gasteiger partial charge in [-0.15, -0.1) is 11.3 Å². The fraction of sp³-hybridized carbons (Fsp3) is 0.0833. The lowest BCUT2D eigenvalue weighted by atomic mass is 10.1. The topological polar surface area (TPSA) is 90.7 Å². The average Bonchev–Trinajstić information content (AvgIpc) is 2.77. The van der Waals surface area contributed by atoms with E-state index in [1.165, 1.54) is 0 Å². The predicted molar refractivity (Wildman–Crippen MR) is 73.3 cm³/mol. The first-order chi connectivity index (χ1) is 8.74. The van der Waals surface area contributed by atoms with Crippen molar-refractivity contribution in [3.8, 4) is 0 Å². The van der Waals surface area contributed by atoms with Crippen molar-refractivity contribution in [1.29, 1.82) is 0 Å². The zero-order valence-electron chi connectivity index (χ0n) is 9.50. The first-order valence-electron chi connectivity index (χ1n) is 5.42. The fourth-order valence-corrected chi connectivity index (χ4v) is 2.71. The van der Waals surface area contributed by atoms with Crippen LogP contribution in [0, 0.1) is 0 Å². The number of fused-ring (bicyclic) bond motifs is 1. The molecule has 0 bridgehead atoms.